The van der Waals surface area contributed by atoms with Gasteiger partial charge in [0, 0.05) is 11.6 Å². The number of alkyl halides is 4. The van der Waals surface area contributed by atoms with Crippen LogP contribution >= 0.6 is 0 Å². The Morgan fingerprint density at radius 3 is 2.11 bits per heavy atom. The van der Waals surface area contributed by atoms with Crippen molar-refractivity contribution in [1.29, 1.82) is 0 Å². The highest BCUT2D eigenvalue weighted by molar-refractivity contribution is 5.29. The third-order valence-corrected chi connectivity index (χ3v) is 2.55. The molecular formula is C11H11F6N. The van der Waals surface area contributed by atoms with E-state index in [1.54, 1.807) is 0 Å². The highest BCUT2D eigenvalue weighted by Crippen LogP contribution is 2.37. The minimum absolute atomic E-state index is 0.100. The average Bonchev–Trinajstić information content (AvgIpc) is 2.25. The second-order valence-corrected chi connectivity index (χ2v) is 3.82. The summed E-state index contributed by atoms with van der Waals surface area (Å²) in [6.45, 7) is 1.23. The van der Waals surface area contributed by atoms with Gasteiger partial charge in [-0.05, 0) is 25.6 Å². The minimum atomic E-state index is -4.46. The van der Waals surface area contributed by atoms with Gasteiger partial charge in [0.1, 0.15) is 17.7 Å². The fourth-order valence-corrected chi connectivity index (χ4v) is 1.58. The van der Waals surface area contributed by atoms with Crippen molar-refractivity contribution in [2.45, 2.75) is 25.3 Å². The molecule has 0 radical (unpaired) electrons. The molecular weight excluding hydrogens is 260 g/mol. The third-order valence-electron chi connectivity index (χ3n) is 2.55. The Bertz CT molecular complexity index is 432. The van der Waals surface area contributed by atoms with Crippen molar-refractivity contribution in [2.75, 3.05) is 7.05 Å². The van der Waals surface area contributed by atoms with Crippen LogP contribution in [-0.4, -0.2) is 19.4 Å². The third kappa shape index (κ3) is 2.60. The Morgan fingerprint density at radius 1 is 1.11 bits per heavy atom. The predicted octanol–water partition coefficient (Wildman–Crippen LogP) is 3.43. The largest absolute Gasteiger partial charge is 0.326 e. The lowest BCUT2D eigenvalue weighted by Gasteiger charge is -2.26. The van der Waals surface area contributed by atoms with Gasteiger partial charge in [-0.1, -0.05) is 0 Å². The van der Waals surface area contributed by atoms with E-state index in [2.05, 4.69) is 0 Å². The molecule has 0 spiro atoms. The molecule has 1 nitrogen and oxygen atoms in total. The summed E-state index contributed by atoms with van der Waals surface area (Å²) in [4.78, 5) is 0. The van der Waals surface area contributed by atoms with E-state index in [0.29, 0.717) is 6.07 Å². The van der Waals surface area contributed by atoms with Crippen LogP contribution < -0.4 is 5.32 Å². The summed E-state index contributed by atoms with van der Waals surface area (Å²) >= 11 is 0. The van der Waals surface area contributed by atoms with Crippen LogP contribution in [0.4, 0.5) is 26.3 Å². The molecule has 0 aliphatic heterocycles. The summed E-state index contributed by atoms with van der Waals surface area (Å²) in [5, 5.41) is 1.94. The van der Waals surface area contributed by atoms with Gasteiger partial charge in [-0.25, -0.2) is 17.6 Å². The smallest absolute Gasteiger partial charge is 0.308 e. The van der Waals surface area contributed by atoms with E-state index in [0.717, 1.165) is 13.1 Å². The maximum Gasteiger partial charge on any atom is 0.326 e. The Hall–Kier alpha value is -1.24. The van der Waals surface area contributed by atoms with Gasteiger partial charge >= 0.3 is 12.3 Å². The van der Waals surface area contributed by atoms with Gasteiger partial charge in [-0.2, -0.15) is 8.78 Å². The Labute approximate surface area is 99.8 Å². The molecule has 0 aliphatic rings. The van der Waals surface area contributed by atoms with Crippen LogP contribution in [-0.2, 0) is 0 Å². The number of aryl methyl sites for hydroxylation is 1. The first-order valence-electron chi connectivity index (χ1n) is 5.00. The molecule has 0 fully saturated rings. The Balaban J connectivity index is 3.30. The number of hydrogen-bond donors (Lipinski definition) is 1. The average molecular weight is 271 g/mol. The first-order chi connectivity index (χ1) is 8.21. The summed E-state index contributed by atoms with van der Waals surface area (Å²) < 4.78 is 77.4. The highest BCUT2D eigenvalue weighted by Gasteiger charge is 2.49. The second kappa shape index (κ2) is 5.17. The number of nitrogens with one attached hydrogen (secondary N) is 1. The molecule has 1 unspecified atom stereocenters. The molecule has 1 rings (SSSR count). The molecule has 0 saturated carbocycles. The molecule has 102 valence electrons. The van der Waals surface area contributed by atoms with Crippen molar-refractivity contribution in [2.24, 2.45) is 0 Å². The molecule has 1 N–H and O–H groups in total. The molecule has 1 aromatic carbocycles. The molecule has 7 heteroatoms. The van der Waals surface area contributed by atoms with E-state index in [1.165, 1.54) is 6.92 Å². The van der Waals surface area contributed by atoms with Crippen LogP contribution in [0.3, 0.4) is 0 Å². The van der Waals surface area contributed by atoms with Crippen molar-refractivity contribution in [3.8, 4) is 0 Å². The van der Waals surface area contributed by atoms with Gasteiger partial charge in [0.15, 0.2) is 0 Å². The van der Waals surface area contributed by atoms with Crippen LogP contribution in [0.2, 0.25) is 0 Å². The Morgan fingerprint density at radius 2 is 1.67 bits per heavy atom. The van der Waals surface area contributed by atoms with E-state index in [-0.39, 0.29) is 5.56 Å². The zero-order valence-electron chi connectivity index (χ0n) is 9.58. The SMILES string of the molecule is CNC(c1cc(C)c(F)cc1F)C(F)(F)C(F)F. The van der Waals surface area contributed by atoms with Crippen molar-refractivity contribution in [3.05, 3.63) is 34.9 Å². The maximum atomic E-state index is 13.4. The van der Waals surface area contributed by atoms with Crippen molar-refractivity contribution >= 4 is 0 Å². The maximum absolute atomic E-state index is 13.4. The van der Waals surface area contributed by atoms with E-state index in [4.69, 9.17) is 0 Å². The summed E-state index contributed by atoms with van der Waals surface area (Å²) in [5.41, 5.74) is -0.793. The van der Waals surface area contributed by atoms with Gasteiger partial charge in [-0.15, -0.1) is 0 Å². The molecule has 0 aliphatic carbocycles. The van der Waals surface area contributed by atoms with Crippen LogP contribution in [0.5, 0.6) is 0 Å². The lowest BCUT2D eigenvalue weighted by atomic mass is 9.98. The molecule has 1 atom stereocenters. The highest BCUT2D eigenvalue weighted by atomic mass is 19.3. The minimum Gasteiger partial charge on any atom is -0.308 e. The summed E-state index contributed by atoms with van der Waals surface area (Å²) in [7, 11) is 0.999. The lowest BCUT2D eigenvalue weighted by molar-refractivity contribution is -0.151. The van der Waals surface area contributed by atoms with Crippen molar-refractivity contribution in [3.63, 3.8) is 0 Å². The number of rotatable bonds is 4. The summed E-state index contributed by atoms with van der Waals surface area (Å²) in [6, 6.07) is -1.03. The molecule has 0 saturated heterocycles. The van der Waals surface area contributed by atoms with Crippen molar-refractivity contribution in [1.82, 2.24) is 5.32 Å². The van der Waals surface area contributed by atoms with E-state index in [9.17, 15) is 26.3 Å². The molecule has 0 bridgehead atoms. The van der Waals surface area contributed by atoms with Crippen LogP contribution in [0.15, 0.2) is 12.1 Å². The summed E-state index contributed by atoms with van der Waals surface area (Å²) in [6.07, 6.45) is -3.96. The zero-order chi connectivity index (χ0) is 14.1. The fourth-order valence-electron chi connectivity index (χ4n) is 1.58. The Kier molecular flexibility index (Phi) is 4.26. The first kappa shape index (κ1) is 14.8. The van der Waals surface area contributed by atoms with Gasteiger partial charge in [0.25, 0.3) is 0 Å². The predicted molar refractivity (Wildman–Crippen MR) is 53.8 cm³/mol. The molecule has 0 heterocycles. The lowest BCUT2D eigenvalue weighted by Crippen LogP contribution is -2.41. The molecule has 0 aromatic heterocycles. The van der Waals surface area contributed by atoms with Crippen molar-refractivity contribution < 1.29 is 26.3 Å². The van der Waals surface area contributed by atoms with E-state index >= 15 is 0 Å². The summed E-state index contributed by atoms with van der Waals surface area (Å²) in [5.74, 6) is -6.68. The van der Waals surface area contributed by atoms with Crippen LogP contribution in [0.1, 0.15) is 17.2 Å². The number of hydrogen-bond acceptors (Lipinski definition) is 1. The topological polar surface area (TPSA) is 12.0 Å². The van der Waals surface area contributed by atoms with Gasteiger partial charge in [-0.3, -0.25) is 0 Å². The normalized spacial score (nSPS) is 14.1. The number of benzene rings is 1. The quantitative estimate of drug-likeness (QED) is 0.827. The van der Waals surface area contributed by atoms with Gasteiger partial charge in [0.2, 0.25) is 0 Å². The van der Waals surface area contributed by atoms with E-state index < -0.39 is 35.6 Å². The van der Waals surface area contributed by atoms with Gasteiger partial charge in [0.05, 0.1) is 0 Å². The first-order valence-corrected chi connectivity index (χ1v) is 5.00. The fraction of sp³-hybridized carbons (Fsp3) is 0.455. The molecule has 18 heavy (non-hydrogen) atoms. The standard InChI is InChI=1S/C11H11F6N/c1-5-3-6(8(13)4-7(5)12)9(18-2)11(16,17)10(14)15/h3-4,9-10,18H,1-2H3. The monoisotopic (exact) mass is 271 g/mol. The molecule has 1 aromatic rings. The zero-order valence-corrected chi connectivity index (χ0v) is 9.58. The van der Waals surface area contributed by atoms with Gasteiger partial charge < -0.3 is 5.32 Å². The van der Waals surface area contributed by atoms with E-state index in [1.807, 2.05) is 5.32 Å². The van der Waals surface area contributed by atoms with Crippen LogP contribution in [0.25, 0.3) is 0 Å². The number of halogens is 6. The second-order valence-electron chi connectivity index (χ2n) is 3.82. The van der Waals surface area contributed by atoms with Crippen LogP contribution in [0, 0.1) is 18.6 Å². The molecule has 0 amide bonds.